The highest BCUT2D eigenvalue weighted by Gasteiger charge is 2.29. The number of aliphatic hydroxyl groups is 3. The maximum atomic E-state index is 13.9. The van der Waals surface area contributed by atoms with Crippen LogP contribution in [0.2, 0.25) is 0 Å². The topological polar surface area (TPSA) is 91.5 Å². The Labute approximate surface area is 112 Å². The molecule has 0 amide bonds. The summed E-state index contributed by atoms with van der Waals surface area (Å²) in [4.78, 5) is 3.99. The SMILES string of the molecule is COC1=NCC(c2c(F)cc(OC(O)(O)O)cc2F)C1. The lowest BCUT2D eigenvalue weighted by Crippen LogP contribution is -2.34. The molecule has 8 heteroatoms. The third-order valence-electron chi connectivity index (χ3n) is 2.86. The van der Waals surface area contributed by atoms with Gasteiger partial charge in [0.15, 0.2) is 5.90 Å². The first-order valence-corrected chi connectivity index (χ1v) is 5.72. The van der Waals surface area contributed by atoms with Crippen LogP contribution in [0.3, 0.4) is 0 Å². The predicted octanol–water partition coefficient (Wildman–Crippen LogP) is 0.464. The van der Waals surface area contributed by atoms with Crippen LogP contribution in [-0.2, 0) is 4.74 Å². The lowest BCUT2D eigenvalue weighted by molar-refractivity contribution is -0.419. The number of methoxy groups -OCH3 is 1. The van der Waals surface area contributed by atoms with Gasteiger partial charge in [-0.15, -0.1) is 0 Å². The zero-order valence-electron chi connectivity index (χ0n) is 10.5. The van der Waals surface area contributed by atoms with Crippen molar-refractivity contribution in [1.82, 2.24) is 0 Å². The van der Waals surface area contributed by atoms with Crippen LogP contribution in [0.15, 0.2) is 17.1 Å². The minimum atomic E-state index is -3.50. The molecule has 0 saturated carbocycles. The first-order chi connectivity index (χ1) is 9.30. The van der Waals surface area contributed by atoms with Crippen molar-refractivity contribution >= 4 is 5.90 Å². The smallest absolute Gasteiger partial charge is 0.453 e. The van der Waals surface area contributed by atoms with Crippen molar-refractivity contribution in [2.24, 2.45) is 4.99 Å². The molecule has 0 spiro atoms. The van der Waals surface area contributed by atoms with Gasteiger partial charge < -0.3 is 24.8 Å². The quantitative estimate of drug-likeness (QED) is 0.703. The molecule has 2 rings (SSSR count). The molecule has 1 atom stereocenters. The Morgan fingerprint density at radius 3 is 2.30 bits per heavy atom. The summed E-state index contributed by atoms with van der Waals surface area (Å²) in [6.45, 7) is 0.196. The van der Waals surface area contributed by atoms with Crippen LogP contribution in [0.5, 0.6) is 5.75 Å². The van der Waals surface area contributed by atoms with Crippen molar-refractivity contribution < 1.29 is 33.6 Å². The van der Waals surface area contributed by atoms with E-state index in [-0.39, 0.29) is 18.5 Å². The van der Waals surface area contributed by atoms with Crippen LogP contribution < -0.4 is 4.74 Å². The van der Waals surface area contributed by atoms with Gasteiger partial charge >= 0.3 is 6.16 Å². The molecule has 3 N–H and O–H groups in total. The summed E-state index contributed by atoms with van der Waals surface area (Å²) in [5.74, 6) is -2.50. The van der Waals surface area contributed by atoms with E-state index in [1.807, 2.05) is 0 Å². The molecule has 1 unspecified atom stereocenters. The second-order valence-electron chi connectivity index (χ2n) is 4.32. The highest BCUT2D eigenvalue weighted by Crippen LogP contribution is 2.32. The summed E-state index contributed by atoms with van der Waals surface area (Å²) >= 11 is 0. The van der Waals surface area contributed by atoms with Crippen LogP contribution in [-0.4, -0.2) is 41.0 Å². The molecule has 1 aromatic rings. The molecule has 0 bridgehead atoms. The summed E-state index contributed by atoms with van der Waals surface area (Å²) in [5.41, 5.74) is -0.187. The summed E-state index contributed by atoms with van der Waals surface area (Å²) in [6, 6.07) is 1.50. The van der Waals surface area contributed by atoms with Crippen LogP contribution in [0, 0.1) is 11.6 Å². The Kier molecular flexibility index (Phi) is 3.89. The van der Waals surface area contributed by atoms with Gasteiger partial charge in [-0.1, -0.05) is 0 Å². The van der Waals surface area contributed by atoms with Crippen LogP contribution in [0.1, 0.15) is 17.9 Å². The van der Waals surface area contributed by atoms with E-state index >= 15 is 0 Å². The van der Waals surface area contributed by atoms with Gasteiger partial charge in [-0.25, -0.2) is 8.78 Å². The highest BCUT2D eigenvalue weighted by atomic mass is 19.1. The number of hydrogen-bond acceptors (Lipinski definition) is 6. The molecule has 0 aliphatic carbocycles. The number of hydrogen-bond donors (Lipinski definition) is 3. The molecule has 1 aromatic carbocycles. The lowest BCUT2D eigenvalue weighted by atomic mass is 9.96. The Balaban J connectivity index is 2.24. The Morgan fingerprint density at radius 2 is 1.85 bits per heavy atom. The maximum absolute atomic E-state index is 13.9. The summed E-state index contributed by atoms with van der Waals surface area (Å²) in [5, 5.41) is 25.8. The van der Waals surface area contributed by atoms with Gasteiger partial charge in [-0.2, -0.15) is 0 Å². The van der Waals surface area contributed by atoms with E-state index in [0.717, 1.165) is 12.1 Å². The number of ether oxygens (including phenoxy) is 2. The third kappa shape index (κ3) is 3.21. The molecule has 20 heavy (non-hydrogen) atoms. The summed E-state index contributed by atoms with van der Waals surface area (Å²) < 4.78 is 36.9. The normalized spacial score (nSPS) is 18.9. The largest absolute Gasteiger partial charge is 0.484 e. The van der Waals surface area contributed by atoms with Crippen molar-refractivity contribution in [1.29, 1.82) is 0 Å². The highest BCUT2D eigenvalue weighted by molar-refractivity contribution is 5.79. The number of benzene rings is 1. The van der Waals surface area contributed by atoms with Crippen LogP contribution in [0.25, 0.3) is 0 Å². The van der Waals surface area contributed by atoms with Gasteiger partial charge in [0, 0.05) is 30.0 Å². The van der Waals surface area contributed by atoms with Crippen molar-refractivity contribution in [3.63, 3.8) is 0 Å². The molecule has 0 saturated heterocycles. The van der Waals surface area contributed by atoms with E-state index in [4.69, 9.17) is 20.1 Å². The Morgan fingerprint density at radius 1 is 1.25 bits per heavy atom. The summed E-state index contributed by atoms with van der Waals surface area (Å²) in [6.07, 6.45) is -3.23. The molecule has 1 aliphatic rings. The monoisotopic (exact) mass is 289 g/mol. The van der Waals surface area contributed by atoms with Crippen LogP contribution in [0.4, 0.5) is 8.78 Å². The van der Waals surface area contributed by atoms with E-state index in [9.17, 15) is 8.78 Å². The van der Waals surface area contributed by atoms with E-state index in [2.05, 4.69) is 9.73 Å². The number of halogens is 2. The first-order valence-electron chi connectivity index (χ1n) is 5.72. The molecule has 1 aliphatic heterocycles. The van der Waals surface area contributed by atoms with Gasteiger partial charge in [-0.3, -0.25) is 4.99 Å². The molecule has 6 nitrogen and oxygen atoms in total. The predicted molar refractivity (Wildman–Crippen MR) is 63.0 cm³/mol. The van der Waals surface area contributed by atoms with Gasteiger partial charge in [0.1, 0.15) is 17.4 Å². The molecular weight excluding hydrogens is 276 g/mol. The van der Waals surface area contributed by atoms with Gasteiger partial charge in [0.2, 0.25) is 0 Å². The van der Waals surface area contributed by atoms with Crippen molar-refractivity contribution in [2.75, 3.05) is 13.7 Å². The fourth-order valence-corrected chi connectivity index (χ4v) is 2.06. The standard InChI is InChI=1S/C12H13F2NO5/c1-19-10-2-6(5-15-10)11-8(13)3-7(4-9(11)14)20-12(16,17)18/h3-4,6,16-18H,2,5H2,1H3. The third-order valence-corrected chi connectivity index (χ3v) is 2.86. The fourth-order valence-electron chi connectivity index (χ4n) is 2.06. The molecule has 110 valence electrons. The van der Waals surface area contributed by atoms with Crippen LogP contribution >= 0.6 is 0 Å². The Bertz CT molecular complexity index is 518. The Hall–Kier alpha value is -1.77. The molecular formula is C12H13F2NO5. The average molecular weight is 289 g/mol. The maximum Gasteiger partial charge on any atom is 0.453 e. The van der Waals surface area contributed by atoms with Crippen molar-refractivity contribution in [3.05, 3.63) is 29.3 Å². The number of aliphatic imine (C=N–C) groups is 1. The molecule has 1 heterocycles. The molecule has 0 aromatic heterocycles. The number of rotatable bonds is 3. The van der Waals surface area contributed by atoms with Gasteiger partial charge in [-0.05, 0) is 0 Å². The minimum Gasteiger partial charge on any atom is -0.484 e. The van der Waals surface area contributed by atoms with E-state index in [0.29, 0.717) is 5.90 Å². The van der Waals surface area contributed by atoms with Gasteiger partial charge in [0.25, 0.3) is 0 Å². The first kappa shape index (κ1) is 14.6. The van der Waals surface area contributed by atoms with E-state index in [1.165, 1.54) is 7.11 Å². The van der Waals surface area contributed by atoms with Gasteiger partial charge in [0.05, 0.1) is 13.7 Å². The fraction of sp³-hybridized carbons (Fsp3) is 0.417. The van der Waals surface area contributed by atoms with E-state index < -0.39 is 29.5 Å². The second kappa shape index (κ2) is 5.31. The number of nitrogens with zero attached hydrogens (tertiary/aromatic N) is 1. The minimum absolute atomic E-state index is 0.187. The molecule has 0 radical (unpaired) electrons. The zero-order valence-corrected chi connectivity index (χ0v) is 10.5. The zero-order chi connectivity index (χ0) is 14.9. The molecule has 0 fully saturated rings. The summed E-state index contributed by atoms with van der Waals surface area (Å²) in [7, 11) is 1.42. The van der Waals surface area contributed by atoms with Crippen molar-refractivity contribution in [3.8, 4) is 5.75 Å². The van der Waals surface area contributed by atoms with E-state index in [1.54, 1.807) is 0 Å². The second-order valence-corrected chi connectivity index (χ2v) is 4.32. The lowest BCUT2D eigenvalue weighted by Gasteiger charge is -2.17. The average Bonchev–Trinajstić information content (AvgIpc) is 2.74. The van der Waals surface area contributed by atoms with Crippen molar-refractivity contribution in [2.45, 2.75) is 18.5 Å².